The molecule has 0 aromatic carbocycles. The maximum absolute atomic E-state index is 11.6. The van der Waals surface area contributed by atoms with Crippen molar-refractivity contribution in [1.29, 1.82) is 0 Å². The van der Waals surface area contributed by atoms with E-state index in [0.29, 0.717) is 19.8 Å². The molecule has 0 aromatic heterocycles. The van der Waals surface area contributed by atoms with Gasteiger partial charge in [0.25, 0.3) is 0 Å². The molecule has 1 fully saturated rings. The smallest absolute Gasteiger partial charge is 0.236 e. The van der Waals surface area contributed by atoms with Crippen molar-refractivity contribution in [2.75, 3.05) is 53.1 Å². The SMILES string of the molecule is COCCCNCC(=O)N1CCOCC1. The zero-order valence-electron chi connectivity index (χ0n) is 9.33. The van der Waals surface area contributed by atoms with Crippen molar-refractivity contribution in [3.8, 4) is 0 Å². The van der Waals surface area contributed by atoms with Crippen LogP contribution >= 0.6 is 0 Å². The summed E-state index contributed by atoms with van der Waals surface area (Å²) in [6, 6.07) is 0. The van der Waals surface area contributed by atoms with Gasteiger partial charge in [-0.1, -0.05) is 0 Å². The van der Waals surface area contributed by atoms with E-state index in [9.17, 15) is 4.79 Å². The lowest BCUT2D eigenvalue weighted by Gasteiger charge is -2.26. The summed E-state index contributed by atoms with van der Waals surface area (Å²) in [4.78, 5) is 13.4. The molecular formula is C10H20N2O3. The maximum Gasteiger partial charge on any atom is 0.236 e. The molecule has 1 amide bonds. The number of ether oxygens (including phenoxy) is 2. The first-order valence-corrected chi connectivity index (χ1v) is 5.40. The maximum atomic E-state index is 11.6. The highest BCUT2D eigenvalue weighted by Crippen LogP contribution is 1.96. The second-order valence-electron chi connectivity index (χ2n) is 3.52. The van der Waals surface area contributed by atoms with E-state index < -0.39 is 0 Å². The van der Waals surface area contributed by atoms with Crippen molar-refractivity contribution >= 4 is 5.91 Å². The van der Waals surface area contributed by atoms with E-state index in [0.717, 1.165) is 32.7 Å². The first-order valence-electron chi connectivity index (χ1n) is 5.40. The van der Waals surface area contributed by atoms with Crippen LogP contribution in [-0.2, 0) is 14.3 Å². The molecular weight excluding hydrogens is 196 g/mol. The molecule has 0 atom stereocenters. The Morgan fingerprint density at radius 3 is 2.87 bits per heavy atom. The van der Waals surface area contributed by atoms with Gasteiger partial charge in [0.05, 0.1) is 19.8 Å². The summed E-state index contributed by atoms with van der Waals surface area (Å²) in [7, 11) is 1.68. The zero-order chi connectivity index (χ0) is 10.9. The monoisotopic (exact) mass is 216 g/mol. The van der Waals surface area contributed by atoms with E-state index in [1.165, 1.54) is 0 Å². The van der Waals surface area contributed by atoms with Crippen LogP contribution in [-0.4, -0.2) is 63.9 Å². The number of nitrogens with one attached hydrogen (secondary N) is 1. The van der Waals surface area contributed by atoms with Crippen molar-refractivity contribution in [2.45, 2.75) is 6.42 Å². The quantitative estimate of drug-likeness (QED) is 0.607. The Balaban J connectivity index is 2.02. The van der Waals surface area contributed by atoms with Crippen LogP contribution in [0.15, 0.2) is 0 Å². The number of hydrogen-bond donors (Lipinski definition) is 1. The van der Waals surface area contributed by atoms with Crippen LogP contribution < -0.4 is 5.32 Å². The van der Waals surface area contributed by atoms with Crippen molar-refractivity contribution in [3.63, 3.8) is 0 Å². The van der Waals surface area contributed by atoms with Crippen LogP contribution in [0.3, 0.4) is 0 Å². The van der Waals surface area contributed by atoms with Gasteiger partial charge in [0.2, 0.25) is 5.91 Å². The lowest BCUT2D eigenvalue weighted by Crippen LogP contribution is -2.44. The molecule has 0 unspecified atom stereocenters. The summed E-state index contributed by atoms with van der Waals surface area (Å²) < 4.78 is 10.1. The fourth-order valence-corrected chi connectivity index (χ4v) is 1.46. The number of hydrogen-bond acceptors (Lipinski definition) is 4. The Bertz CT molecular complexity index is 182. The number of methoxy groups -OCH3 is 1. The number of rotatable bonds is 6. The minimum atomic E-state index is 0.163. The summed E-state index contributed by atoms with van der Waals surface area (Å²) in [5, 5.41) is 3.11. The van der Waals surface area contributed by atoms with Crippen LogP contribution in [0.25, 0.3) is 0 Å². The minimum Gasteiger partial charge on any atom is -0.385 e. The Morgan fingerprint density at radius 2 is 2.20 bits per heavy atom. The molecule has 0 saturated carbocycles. The first-order chi connectivity index (χ1) is 7.34. The summed E-state index contributed by atoms with van der Waals surface area (Å²) in [6.07, 6.45) is 0.937. The van der Waals surface area contributed by atoms with Crippen LogP contribution in [0.2, 0.25) is 0 Å². The number of carbonyl (C=O) groups is 1. The van der Waals surface area contributed by atoms with E-state index in [1.807, 2.05) is 4.90 Å². The molecule has 0 bridgehead atoms. The zero-order valence-corrected chi connectivity index (χ0v) is 9.33. The number of carbonyl (C=O) groups excluding carboxylic acids is 1. The molecule has 1 aliphatic heterocycles. The fourth-order valence-electron chi connectivity index (χ4n) is 1.46. The van der Waals surface area contributed by atoms with Gasteiger partial charge in [-0.15, -0.1) is 0 Å². The van der Waals surface area contributed by atoms with E-state index >= 15 is 0 Å². The lowest BCUT2D eigenvalue weighted by molar-refractivity contribution is -0.134. The molecule has 1 heterocycles. The minimum absolute atomic E-state index is 0.163. The van der Waals surface area contributed by atoms with E-state index in [-0.39, 0.29) is 5.91 Å². The number of nitrogens with zero attached hydrogens (tertiary/aromatic N) is 1. The standard InChI is InChI=1S/C10H20N2O3/c1-14-6-2-3-11-9-10(13)12-4-7-15-8-5-12/h11H,2-9H2,1H3. The number of amides is 1. The summed E-state index contributed by atoms with van der Waals surface area (Å²) in [5.74, 6) is 0.163. The first kappa shape index (κ1) is 12.4. The van der Waals surface area contributed by atoms with Gasteiger partial charge in [0.15, 0.2) is 0 Å². The Kier molecular flexibility index (Phi) is 6.31. The van der Waals surface area contributed by atoms with Crippen LogP contribution in [0, 0.1) is 0 Å². The van der Waals surface area contributed by atoms with Gasteiger partial charge >= 0.3 is 0 Å². The van der Waals surface area contributed by atoms with Crippen molar-refractivity contribution < 1.29 is 14.3 Å². The normalized spacial score (nSPS) is 16.7. The average Bonchev–Trinajstić information content (AvgIpc) is 2.30. The summed E-state index contributed by atoms with van der Waals surface area (Å²) >= 11 is 0. The molecule has 0 aliphatic carbocycles. The van der Waals surface area contributed by atoms with E-state index in [1.54, 1.807) is 7.11 Å². The third-order valence-corrected chi connectivity index (χ3v) is 2.34. The Labute approximate surface area is 90.7 Å². The van der Waals surface area contributed by atoms with E-state index in [2.05, 4.69) is 5.32 Å². The molecule has 1 rings (SSSR count). The predicted molar refractivity (Wildman–Crippen MR) is 56.8 cm³/mol. The van der Waals surface area contributed by atoms with Gasteiger partial charge in [-0.25, -0.2) is 0 Å². The lowest BCUT2D eigenvalue weighted by atomic mass is 10.4. The predicted octanol–water partition coefficient (Wildman–Crippen LogP) is -0.529. The number of morpholine rings is 1. The summed E-state index contributed by atoms with van der Waals surface area (Å²) in [5.41, 5.74) is 0. The molecule has 1 saturated heterocycles. The van der Waals surface area contributed by atoms with Crippen molar-refractivity contribution in [1.82, 2.24) is 10.2 Å². The van der Waals surface area contributed by atoms with Gasteiger partial charge < -0.3 is 19.7 Å². The second kappa shape index (κ2) is 7.62. The van der Waals surface area contributed by atoms with Gasteiger partial charge in [0, 0.05) is 26.8 Å². The van der Waals surface area contributed by atoms with E-state index in [4.69, 9.17) is 9.47 Å². The Hall–Kier alpha value is -0.650. The van der Waals surface area contributed by atoms with Crippen molar-refractivity contribution in [2.24, 2.45) is 0 Å². The third kappa shape index (κ3) is 5.11. The van der Waals surface area contributed by atoms with Gasteiger partial charge in [-0.3, -0.25) is 4.79 Å². The molecule has 1 N–H and O–H groups in total. The molecule has 0 aromatic rings. The highest BCUT2D eigenvalue weighted by molar-refractivity contribution is 5.78. The summed E-state index contributed by atoms with van der Waals surface area (Å²) in [6.45, 7) is 4.74. The average molecular weight is 216 g/mol. The fraction of sp³-hybridized carbons (Fsp3) is 0.900. The highest BCUT2D eigenvalue weighted by Gasteiger charge is 2.15. The molecule has 1 aliphatic rings. The Morgan fingerprint density at radius 1 is 1.47 bits per heavy atom. The van der Waals surface area contributed by atoms with Crippen LogP contribution in [0.1, 0.15) is 6.42 Å². The van der Waals surface area contributed by atoms with Crippen LogP contribution in [0.5, 0.6) is 0 Å². The third-order valence-electron chi connectivity index (χ3n) is 2.34. The topological polar surface area (TPSA) is 50.8 Å². The molecule has 88 valence electrons. The van der Waals surface area contributed by atoms with Gasteiger partial charge in [-0.2, -0.15) is 0 Å². The molecule has 0 spiro atoms. The highest BCUT2D eigenvalue weighted by atomic mass is 16.5. The molecule has 15 heavy (non-hydrogen) atoms. The largest absolute Gasteiger partial charge is 0.385 e. The van der Waals surface area contributed by atoms with Crippen molar-refractivity contribution in [3.05, 3.63) is 0 Å². The molecule has 0 radical (unpaired) electrons. The molecule has 5 heteroatoms. The van der Waals surface area contributed by atoms with Gasteiger partial charge in [0.1, 0.15) is 0 Å². The molecule has 5 nitrogen and oxygen atoms in total. The second-order valence-corrected chi connectivity index (χ2v) is 3.52. The van der Waals surface area contributed by atoms with Gasteiger partial charge in [-0.05, 0) is 13.0 Å². The van der Waals surface area contributed by atoms with Crippen LogP contribution in [0.4, 0.5) is 0 Å².